The van der Waals surface area contributed by atoms with Gasteiger partial charge < -0.3 is 13.3 Å². The van der Waals surface area contributed by atoms with Gasteiger partial charge in [0.2, 0.25) is 0 Å². The van der Waals surface area contributed by atoms with Crippen LogP contribution in [0.4, 0.5) is 0 Å². The van der Waals surface area contributed by atoms with Crippen LogP contribution in [0.1, 0.15) is 0 Å². The average molecular weight is 779 g/mol. The molecule has 0 aliphatic rings. The van der Waals surface area contributed by atoms with E-state index in [0.29, 0.717) is 5.82 Å². The molecule has 282 valence electrons. The zero-order valence-electron chi connectivity index (χ0n) is 32.4. The molecule has 0 radical (unpaired) electrons. The van der Waals surface area contributed by atoms with E-state index in [2.05, 4.69) is 164 Å². The number of fused-ring (bicyclic) bond motifs is 17. The Morgan fingerprint density at radius 2 is 0.721 bits per heavy atom. The maximum atomic E-state index is 6.97. The van der Waals surface area contributed by atoms with E-state index >= 15 is 0 Å². The molecule has 4 aromatic heterocycles. The summed E-state index contributed by atoms with van der Waals surface area (Å²) in [6.07, 6.45) is 0. The van der Waals surface area contributed by atoms with Gasteiger partial charge in [-0.1, -0.05) is 140 Å². The van der Waals surface area contributed by atoms with Crippen molar-refractivity contribution in [2.75, 3.05) is 0 Å². The largest absolute Gasteiger partial charge is 0.455 e. The molecular formula is C56H30N2O3. The van der Waals surface area contributed by atoms with Gasteiger partial charge in [-0.15, -0.1) is 0 Å². The Morgan fingerprint density at radius 1 is 0.279 bits per heavy atom. The van der Waals surface area contributed by atoms with Crippen molar-refractivity contribution < 1.29 is 13.3 Å². The molecule has 14 aromatic rings. The van der Waals surface area contributed by atoms with Crippen LogP contribution in [-0.4, -0.2) is 9.97 Å². The lowest BCUT2D eigenvalue weighted by Gasteiger charge is -2.12. The average Bonchev–Trinajstić information content (AvgIpc) is 4.03. The third kappa shape index (κ3) is 4.60. The van der Waals surface area contributed by atoms with Gasteiger partial charge in [0, 0.05) is 43.4 Å². The summed E-state index contributed by atoms with van der Waals surface area (Å²) in [5.41, 5.74) is 8.80. The van der Waals surface area contributed by atoms with Gasteiger partial charge in [-0.05, 0) is 85.6 Å². The lowest BCUT2D eigenvalue weighted by molar-refractivity contribution is 0.669. The molecule has 0 saturated carbocycles. The summed E-state index contributed by atoms with van der Waals surface area (Å²) in [4.78, 5) is 10.9. The lowest BCUT2D eigenvalue weighted by atomic mass is 9.94. The van der Waals surface area contributed by atoms with Crippen LogP contribution < -0.4 is 0 Å². The Kier molecular flexibility index (Phi) is 6.49. The van der Waals surface area contributed by atoms with Crippen molar-refractivity contribution >= 4 is 109 Å². The zero-order valence-corrected chi connectivity index (χ0v) is 32.4. The van der Waals surface area contributed by atoms with Gasteiger partial charge in [-0.2, -0.15) is 0 Å². The zero-order chi connectivity index (χ0) is 39.8. The molecule has 0 atom stereocenters. The van der Waals surface area contributed by atoms with Gasteiger partial charge in [0.15, 0.2) is 5.82 Å². The minimum absolute atomic E-state index is 0.544. The number of nitrogens with zero attached hydrogens (tertiary/aromatic N) is 2. The van der Waals surface area contributed by atoms with E-state index in [9.17, 15) is 0 Å². The Morgan fingerprint density at radius 3 is 1.28 bits per heavy atom. The highest BCUT2D eigenvalue weighted by Crippen LogP contribution is 2.47. The van der Waals surface area contributed by atoms with E-state index < -0.39 is 0 Å². The molecule has 4 heterocycles. The van der Waals surface area contributed by atoms with Gasteiger partial charge in [0.1, 0.15) is 33.5 Å². The van der Waals surface area contributed by atoms with Crippen LogP contribution >= 0.6 is 0 Å². The van der Waals surface area contributed by atoms with E-state index in [4.69, 9.17) is 23.2 Å². The fourth-order valence-corrected chi connectivity index (χ4v) is 9.92. The topological polar surface area (TPSA) is 65.2 Å². The highest BCUT2D eigenvalue weighted by Gasteiger charge is 2.24. The molecule has 0 aliphatic heterocycles. The van der Waals surface area contributed by atoms with Crippen LogP contribution in [0.15, 0.2) is 195 Å². The van der Waals surface area contributed by atoms with Crippen LogP contribution in [0.5, 0.6) is 0 Å². The molecule has 0 aliphatic carbocycles. The second-order valence-corrected chi connectivity index (χ2v) is 16.0. The Labute approximate surface area is 346 Å². The van der Waals surface area contributed by atoms with Crippen molar-refractivity contribution in [2.24, 2.45) is 0 Å². The van der Waals surface area contributed by atoms with Crippen molar-refractivity contribution in [2.45, 2.75) is 0 Å². The summed E-state index contributed by atoms with van der Waals surface area (Å²) >= 11 is 0. The smallest absolute Gasteiger partial charge is 0.164 e. The Bertz CT molecular complexity index is 3980. The third-order valence-electron chi connectivity index (χ3n) is 12.6. The first kappa shape index (κ1) is 32.7. The van der Waals surface area contributed by atoms with Gasteiger partial charge in [-0.25, -0.2) is 9.97 Å². The van der Waals surface area contributed by atoms with Crippen LogP contribution in [0, 0.1) is 0 Å². The molecule has 10 aromatic carbocycles. The quantitative estimate of drug-likeness (QED) is 0.179. The number of hydrogen-bond donors (Lipinski definition) is 0. The maximum absolute atomic E-state index is 6.97. The molecule has 0 spiro atoms. The third-order valence-corrected chi connectivity index (χ3v) is 12.6. The van der Waals surface area contributed by atoms with E-state index in [-0.39, 0.29) is 0 Å². The van der Waals surface area contributed by atoms with Gasteiger partial charge >= 0.3 is 0 Å². The number of aromatic nitrogens is 2. The number of rotatable bonds is 3. The van der Waals surface area contributed by atoms with E-state index in [1.165, 1.54) is 0 Å². The van der Waals surface area contributed by atoms with E-state index in [1.807, 2.05) is 18.2 Å². The molecule has 0 saturated heterocycles. The summed E-state index contributed by atoms with van der Waals surface area (Å²) in [5.74, 6) is 0.544. The maximum Gasteiger partial charge on any atom is 0.164 e. The van der Waals surface area contributed by atoms with E-state index in [0.717, 1.165) is 137 Å². The highest BCUT2D eigenvalue weighted by molar-refractivity contribution is 6.30. The SMILES string of the molecule is c1ccc2c(c1)ccc1oc3c(-c4cc(-c5cc6ccccc6c6c5oc5ccc7ccccc7c56)nc(-c5cccc6c5oc5ccccc56)n4)cc4ccccc4c3c12. The Balaban J connectivity index is 1.14. The van der Waals surface area contributed by atoms with Gasteiger partial charge in [0.05, 0.1) is 17.0 Å². The number of benzene rings is 10. The molecule has 0 unspecified atom stereocenters. The molecule has 0 amide bonds. The number of hydrogen-bond acceptors (Lipinski definition) is 5. The standard InChI is InChI=1S/C56H30N2O3/c1-5-16-35-31(12-1)24-26-47-49(35)51-37-18-7-3-14-33(37)28-42(54(51)60-47)44-30-45(58-56(57-44)41-22-11-21-40-39-20-9-10-23-46(39)59-53(40)41)43-29-34-15-4-8-19-38(34)52-50-36-17-6-2-13-32(36)25-27-48(50)61-55(43)52/h1-30H. The summed E-state index contributed by atoms with van der Waals surface area (Å²) < 4.78 is 20.6. The van der Waals surface area contributed by atoms with Crippen molar-refractivity contribution in [3.05, 3.63) is 182 Å². The minimum Gasteiger partial charge on any atom is -0.455 e. The molecule has 5 heteroatoms. The fraction of sp³-hybridized carbons (Fsp3) is 0. The summed E-state index contributed by atoms with van der Waals surface area (Å²) in [5, 5.41) is 15.5. The summed E-state index contributed by atoms with van der Waals surface area (Å²) in [6, 6.07) is 63.5. The van der Waals surface area contributed by atoms with Crippen LogP contribution in [0.2, 0.25) is 0 Å². The van der Waals surface area contributed by atoms with Gasteiger partial charge in [-0.3, -0.25) is 0 Å². The molecule has 5 nitrogen and oxygen atoms in total. The highest BCUT2D eigenvalue weighted by atomic mass is 16.3. The first-order valence-corrected chi connectivity index (χ1v) is 20.6. The molecule has 0 bridgehead atoms. The van der Waals surface area contributed by atoms with Gasteiger partial charge in [0.25, 0.3) is 0 Å². The summed E-state index contributed by atoms with van der Waals surface area (Å²) in [6.45, 7) is 0. The monoisotopic (exact) mass is 778 g/mol. The summed E-state index contributed by atoms with van der Waals surface area (Å²) in [7, 11) is 0. The lowest BCUT2D eigenvalue weighted by Crippen LogP contribution is -1.97. The van der Waals surface area contributed by atoms with Crippen LogP contribution in [0.3, 0.4) is 0 Å². The number of furan rings is 3. The van der Waals surface area contributed by atoms with E-state index in [1.54, 1.807) is 0 Å². The second-order valence-electron chi connectivity index (χ2n) is 16.0. The molecule has 61 heavy (non-hydrogen) atoms. The molecular weight excluding hydrogens is 749 g/mol. The Hall–Kier alpha value is -8.28. The predicted molar refractivity (Wildman–Crippen MR) is 250 cm³/mol. The predicted octanol–water partition coefficient (Wildman–Crippen LogP) is 15.8. The first-order valence-electron chi connectivity index (χ1n) is 20.6. The van der Waals surface area contributed by atoms with Crippen LogP contribution in [0.25, 0.3) is 143 Å². The fourth-order valence-electron chi connectivity index (χ4n) is 9.92. The van der Waals surface area contributed by atoms with Crippen molar-refractivity contribution in [1.82, 2.24) is 9.97 Å². The second kappa shape index (κ2) is 12.1. The first-order chi connectivity index (χ1) is 30.2. The van der Waals surface area contributed by atoms with Crippen molar-refractivity contribution in [1.29, 1.82) is 0 Å². The van der Waals surface area contributed by atoms with Crippen LogP contribution in [-0.2, 0) is 0 Å². The van der Waals surface area contributed by atoms with Crippen molar-refractivity contribution in [3.63, 3.8) is 0 Å². The molecule has 0 fully saturated rings. The number of para-hydroxylation sites is 2. The minimum atomic E-state index is 0.544. The van der Waals surface area contributed by atoms with Crippen molar-refractivity contribution in [3.8, 4) is 33.9 Å². The normalized spacial score (nSPS) is 12.3. The molecule has 14 rings (SSSR count). The molecule has 0 N–H and O–H groups in total.